The highest BCUT2D eigenvalue weighted by atomic mass is 35.5. The van der Waals surface area contributed by atoms with Gasteiger partial charge in [-0.25, -0.2) is 0 Å². The first-order valence-corrected chi connectivity index (χ1v) is 4.33. The largest absolute Gasteiger partial charge is 0.289 e. The molecule has 0 heterocycles. The summed E-state index contributed by atoms with van der Waals surface area (Å²) in [5, 5.41) is 0. The Hall–Kier alpha value is -0.820. The first kappa shape index (κ1) is 11.2. The van der Waals surface area contributed by atoms with Crippen LogP contribution >= 0.6 is 11.6 Å². The number of halogens is 1. The van der Waals surface area contributed by atoms with Crippen LogP contribution in [-0.4, -0.2) is 18.6 Å². The van der Waals surface area contributed by atoms with Crippen molar-refractivity contribution in [3.8, 4) is 0 Å². The minimum atomic E-state index is 0.555. The van der Waals surface area contributed by atoms with Crippen LogP contribution in [0.5, 0.6) is 0 Å². The van der Waals surface area contributed by atoms with Gasteiger partial charge in [-0.1, -0.05) is 36.5 Å². The smallest absolute Gasteiger partial charge is 0.0599 e. The van der Waals surface area contributed by atoms with Gasteiger partial charge in [0.2, 0.25) is 0 Å². The van der Waals surface area contributed by atoms with Crippen LogP contribution in [0.1, 0.15) is 6.92 Å². The lowest BCUT2D eigenvalue weighted by atomic mass is 10.3. The van der Waals surface area contributed by atoms with E-state index in [1.165, 1.54) is 5.57 Å². The third-order valence-electron chi connectivity index (χ3n) is 1.16. The lowest BCUT2D eigenvalue weighted by molar-refractivity contribution is 1.14. The van der Waals surface area contributed by atoms with Gasteiger partial charge in [-0.3, -0.25) is 4.99 Å². The van der Waals surface area contributed by atoms with Crippen molar-refractivity contribution in [1.29, 1.82) is 0 Å². The lowest BCUT2D eigenvalue weighted by Crippen LogP contribution is -1.81. The van der Waals surface area contributed by atoms with Crippen LogP contribution in [0.3, 0.4) is 0 Å². The van der Waals surface area contributed by atoms with Crippen molar-refractivity contribution in [2.75, 3.05) is 12.4 Å². The summed E-state index contributed by atoms with van der Waals surface area (Å²) < 4.78 is 0. The van der Waals surface area contributed by atoms with E-state index in [1.807, 2.05) is 25.2 Å². The highest BCUT2D eigenvalue weighted by molar-refractivity contribution is 6.18. The van der Waals surface area contributed by atoms with Gasteiger partial charge in [0.05, 0.1) is 6.54 Å². The maximum Gasteiger partial charge on any atom is 0.0599 e. The number of alkyl halides is 1. The molecule has 0 aromatic carbocycles. The average Bonchev–Trinajstić information content (AvgIpc) is 2.06. The van der Waals surface area contributed by atoms with Gasteiger partial charge in [-0.2, -0.15) is 0 Å². The highest BCUT2D eigenvalue weighted by Gasteiger charge is 1.81. The van der Waals surface area contributed by atoms with E-state index in [-0.39, 0.29) is 0 Å². The topological polar surface area (TPSA) is 12.4 Å². The van der Waals surface area contributed by atoms with Crippen LogP contribution in [0, 0.1) is 0 Å². The summed E-state index contributed by atoms with van der Waals surface area (Å²) in [6.45, 7) is 6.28. The third kappa shape index (κ3) is 7.29. The maximum absolute atomic E-state index is 5.45. The maximum atomic E-state index is 5.45. The molecule has 12 heavy (non-hydrogen) atoms. The first-order valence-electron chi connectivity index (χ1n) is 3.80. The van der Waals surface area contributed by atoms with Gasteiger partial charge in [-0.15, -0.1) is 11.6 Å². The lowest BCUT2D eigenvalue weighted by Gasteiger charge is -1.90. The fourth-order valence-electron chi connectivity index (χ4n) is 0.608. The van der Waals surface area contributed by atoms with E-state index in [9.17, 15) is 0 Å². The Kier molecular flexibility index (Phi) is 7.71. The minimum Gasteiger partial charge on any atom is -0.289 e. The number of hydrogen-bond donors (Lipinski definition) is 0. The van der Waals surface area contributed by atoms with Crippen molar-refractivity contribution in [3.05, 3.63) is 36.5 Å². The van der Waals surface area contributed by atoms with Crippen LogP contribution < -0.4 is 0 Å². The van der Waals surface area contributed by atoms with Crippen LogP contribution in [0.15, 0.2) is 41.4 Å². The zero-order chi connectivity index (χ0) is 9.23. The molecule has 0 atom stereocenters. The highest BCUT2D eigenvalue weighted by Crippen LogP contribution is 1.93. The van der Waals surface area contributed by atoms with Crippen molar-refractivity contribution in [2.45, 2.75) is 6.92 Å². The van der Waals surface area contributed by atoms with E-state index in [4.69, 9.17) is 11.6 Å². The van der Waals surface area contributed by atoms with Crippen LogP contribution in [0.2, 0.25) is 0 Å². The number of aliphatic imine (C=N–C) groups is 1. The van der Waals surface area contributed by atoms with Gasteiger partial charge in [0, 0.05) is 12.1 Å². The third-order valence-corrected chi connectivity index (χ3v) is 1.34. The second-order valence-electron chi connectivity index (χ2n) is 2.32. The summed E-state index contributed by atoms with van der Waals surface area (Å²) in [5.74, 6) is 0.555. The second-order valence-corrected chi connectivity index (χ2v) is 2.63. The Balaban J connectivity index is 3.77. The van der Waals surface area contributed by atoms with Gasteiger partial charge >= 0.3 is 0 Å². The molecule has 0 aromatic heterocycles. The molecule has 1 nitrogen and oxygen atoms in total. The molecule has 66 valence electrons. The first-order chi connectivity index (χ1) is 5.81. The zero-order valence-electron chi connectivity index (χ0n) is 7.33. The molecule has 0 rings (SSSR count). The second kappa shape index (κ2) is 8.28. The molecule has 0 aliphatic heterocycles. The predicted molar refractivity (Wildman–Crippen MR) is 57.2 cm³/mol. The minimum absolute atomic E-state index is 0.555. The van der Waals surface area contributed by atoms with E-state index in [0.29, 0.717) is 5.88 Å². The van der Waals surface area contributed by atoms with Crippen molar-refractivity contribution in [1.82, 2.24) is 0 Å². The number of hydrogen-bond acceptors (Lipinski definition) is 1. The molecule has 0 aromatic rings. The fraction of sp³-hybridized carbons (Fsp3) is 0.300. The van der Waals surface area contributed by atoms with E-state index >= 15 is 0 Å². The van der Waals surface area contributed by atoms with E-state index < -0.39 is 0 Å². The summed E-state index contributed by atoms with van der Waals surface area (Å²) in [6.07, 6.45) is 9.20. The molecule has 2 heteroatoms. The molecule has 0 spiro atoms. The van der Waals surface area contributed by atoms with Crippen LogP contribution in [0.4, 0.5) is 0 Å². The SMILES string of the molecule is C=CC=NC/C(C)=C/C=C\CCl. The molecule has 0 aliphatic carbocycles. The molecule has 0 amide bonds. The predicted octanol–water partition coefficient (Wildman–Crippen LogP) is 2.98. The van der Waals surface area contributed by atoms with Gasteiger partial charge in [0.25, 0.3) is 0 Å². The summed E-state index contributed by atoms with van der Waals surface area (Å²) >= 11 is 5.45. The van der Waals surface area contributed by atoms with Crippen LogP contribution in [-0.2, 0) is 0 Å². The molecule has 0 N–H and O–H groups in total. The van der Waals surface area contributed by atoms with Crippen molar-refractivity contribution in [3.63, 3.8) is 0 Å². The zero-order valence-corrected chi connectivity index (χ0v) is 8.09. The fourth-order valence-corrected chi connectivity index (χ4v) is 0.711. The summed E-state index contributed by atoms with van der Waals surface area (Å²) in [7, 11) is 0. The summed E-state index contributed by atoms with van der Waals surface area (Å²) in [6, 6.07) is 0. The molecule has 0 fully saturated rings. The molecule has 0 saturated heterocycles. The molecule has 0 aliphatic rings. The molecule has 0 unspecified atom stereocenters. The standard InChI is InChI=1S/C10H14ClN/c1-3-8-12-9-10(2)6-4-5-7-11/h3-6,8H,1,7,9H2,2H3/b5-4-,10-6+,12-8?. The summed E-state index contributed by atoms with van der Waals surface area (Å²) in [5.41, 5.74) is 1.20. The monoisotopic (exact) mass is 183 g/mol. The van der Waals surface area contributed by atoms with Gasteiger partial charge in [0.1, 0.15) is 0 Å². The Morgan fingerprint density at radius 1 is 1.58 bits per heavy atom. The van der Waals surface area contributed by atoms with Gasteiger partial charge in [0.15, 0.2) is 0 Å². The van der Waals surface area contributed by atoms with Crippen molar-refractivity contribution in [2.24, 2.45) is 4.99 Å². The Bertz CT molecular complexity index is 202. The van der Waals surface area contributed by atoms with Crippen LogP contribution in [0.25, 0.3) is 0 Å². The van der Waals surface area contributed by atoms with E-state index in [0.717, 1.165) is 6.54 Å². The van der Waals surface area contributed by atoms with E-state index in [2.05, 4.69) is 11.6 Å². The summed E-state index contributed by atoms with van der Waals surface area (Å²) in [4.78, 5) is 4.09. The van der Waals surface area contributed by atoms with E-state index in [1.54, 1.807) is 12.3 Å². The number of rotatable bonds is 5. The van der Waals surface area contributed by atoms with Crippen molar-refractivity contribution < 1.29 is 0 Å². The Morgan fingerprint density at radius 3 is 2.92 bits per heavy atom. The average molecular weight is 184 g/mol. The number of nitrogens with zero attached hydrogens (tertiary/aromatic N) is 1. The quantitative estimate of drug-likeness (QED) is 0.353. The van der Waals surface area contributed by atoms with Crippen molar-refractivity contribution >= 4 is 17.8 Å². The molecule has 0 saturated carbocycles. The van der Waals surface area contributed by atoms with Gasteiger partial charge < -0.3 is 0 Å². The molecular formula is C10H14ClN. The Morgan fingerprint density at radius 2 is 2.33 bits per heavy atom. The van der Waals surface area contributed by atoms with Gasteiger partial charge in [-0.05, 0) is 6.92 Å². The normalized spacial score (nSPS) is 13.0. The molecule has 0 radical (unpaired) electrons. The molecular weight excluding hydrogens is 170 g/mol. The Labute approximate surface area is 79.2 Å². The number of allylic oxidation sites excluding steroid dienone is 4. The molecule has 0 bridgehead atoms.